The number of amides is 1. The SMILES string of the molecule is COC1[Se]/C(=C2\SC(=S)N(CCOC(C)=O)C2=O)N(CC(=O)[O-])C1OC.[Na+]. The van der Waals surface area contributed by atoms with Crippen molar-refractivity contribution >= 4 is 61.1 Å². The van der Waals surface area contributed by atoms with Crippen LogP contribution in [0, 0.1) is 0 Å². The number of hydrogen-bond acceptors (Lipinski definition) is 10. The maximum atomic E-state index is 12.8. The van der Waals surface area contributed by atoms with Crippen molar-refractivity contribution < 1.29 is 63.3 Å². The molecule has 2 heterocycles. The maximum absolute atomic E-state index is 12.8. The fraction of sp³-hybridized carbons (Fsp3) is 0.571. The Morgan fingerprint density at radius 2 is 2.00 bits per heavy atom. The number of carboxylic acids is 1. The molecule has 2 rings (SSSR count). The van der Waals surface area contributed by atoms with E-state index < -0.39 is 24.7 Å². The summed E-state index contributed by atoms with van der Waals surface area (Å²) in [6, 6.07) is 0. The molecule has 2 saturated heterocycles. The van der Waals surface area contributed by atoms with Crippen LogP contribution >= 0.6 is 24.0 Å². The minimum absolute atomic E-state index is 0. The van der Waals surface area contributed by atoms with Gasteiger partial charge >= 0.3 is 196 Å². The van der Waals surface area contributed by atoms with Crippen molar-refractivity contribution in [2.45, 2.75) is 18.2 Å². The summed E-state index contributed by atoms with van der Waals surface area (Å²) in [6.07, 6.45) is -0.627. The van der Waals surface area contributed by atoms with Gasteiger partial charge in [0.15, 0.2) is 0 Å². The van der Waals surface area contributed by atoms with Gasteiger partial charge in [-0.05, 0) is 0 Å². The molecule has 2 aliphatic rings. The Morgan fingerprint density at radius 1 is 1.33 bits per heavy atom. The molecule has 2 fully saturated rings. The van der Waals surface area contributed by atoms with Crippen LogP contribution in [0.5, 0.6) is 0 Å². The standard InChI is InChI=1S/C14H18N2O7S2Se.Na/c1-7(17)23-5-4-15-10(20)9(25-14(15)24)12-16(6-8(18)19)11(21-2)13(22-3)26-12;/h11,13H,4-6H2,1-3H3,(H,18,19);/q;+1/p-1/b12-9-;. The van der Waals surface area contributed by atoms with Crippen molar-refractivity contribution in [3.8, 4) is 0 Å². The number of nitrogens with zero attached hydrogens (tertiary/aromatic N) is 2. The Bertz CT molecular complexity index is 663. The Kier molecular flexibility index (Phi) is 10.2. The first-order chi connectivity index (χ1) is 12.3. The molecule has 0 spiro atoms. The molecule has 0 aromatic carbocycles. The Labute approximate surface area is 194 Å². The average Bonchev–Trinajstić information content (AvgIpc) is 3.05. The number of methoxy groups -OCH3 is 2. The number of hydrogen-bond donors (Lipinski definition) is 0. The van der Waals surface area contributed by atoms with Crippen molar-refractivity contribution in [3.05, 3.63) is 9.50 Å². The fourth-order valence-electron chi connectivity index (χ4n) is 2.39. The molecule has 0 N–H and O–H groups in total. The van der Waals surface area contributed by atoms with Gasteiger partial charge in [0.25, 0.3) is 0 Å². The summed E-state index contributed by atoms with van der Waals surface area (Å²) in [5.41, 5.74) is 0. The second kappa shape index (κ2) is 11.1. The number of thiocarbonyl (C=S) groups is 1. The van der Waals surface area contributed by atoms with Crippen LogP contribution in [-0.2, 0) is 28.6 Å². The summed E-state index contributed by atoms with van der Waals surface area (Å²) in [5, 5.41) is 10.8. The first kappa shape index (κ1) is 24.9. The maximum Gasteiger partial charge on any atom is 1.00 e. The molecule has 2 atom stereocenters. The van der Waals surface area contributed by atoms with Crippen LogP contribution in [0.15, 0.2) is 9.50 Å². The third kappa shape index (κ3) is 5.91. The molecule has 27 heavy (non-hydrogen) atoms. The summed E-state index contributed by atoms with van der Waals surface area (Å²) >= 11 is 5.98. The summed E-state index contributed by atoms with van der Waals surface area (Å²) in [7, 11) is 2.95. The number of esters is 1. The molecule has 9 nitrogen and oxygen atoms in total. The van der Waals surface area contributed by atoms with E-state index in [-0.39, 0.29) is 68.6 Å². The van der Waals surface area contributed by atoms with Crippen LogP contribution in [0.4, 0.5) is 0 Å². The monoisotopic (exact) mass is 492 g/mol. The first-order valence-corrected chi connectivity index (χ1v) is 10.5. The van der Waals surface area contributed by atoms with Crippen LogP contribution in [0.2, 0.25) is 0 Å². The minimum Gasteiger partial charge on any atom is 1.00 e. The zero-order valence-corrected chi connectivity index (χ0v) is 20.6. The van der Waals surface area contributed by atoms with E-state index in [2.05, 4.69) is 0 Å². The molecule has 0 aromatic heterocycles. The van der Waals surface area contributed by atoms with E-state index in [1.807, 2.05) is 0 Å². The smallest absolute Gasteiger partial charge is 1.00 e. The molecule has 2 aliphatic heterocycles. The average molecular weight is 491 g/mol. The summed E-state index contributed by atoms with van der Waals surface area (Å²) in [6.45, 7) is 1.02. The Balaban J connectivity index is 0.00000364. The van der Waals surface area contributed by atoms with E-state index in [9.17, 15) is 19.5 Å². The van der Waals surface area contributed by atoms with E-state index in [0.717, 1.165) is 11.8 Å². The quantitative estimate of drug-likeness (QED) is 0.149. The molecule has 0 saturated carbocycles. The van der Waals surface area contributed by atoms with E-state index in [0.29, 0.717) is 13.8 Å². The zero-order valence-electron chi connectivity index (χ0n) is 15.3. The third-order valence-electron chi connectivity index (χ3n) is 3.47. The number of rotatable bonds is 7. The molecule has 0 aromatic rings. The number of carbonyl (C=O) groups excluding carboxylic acids is 3. The van der Waals surface area contributed by atoms with Gasteiger partial charge in [0.1, 0.15) is 0 Å². The van der Waals surface area contributed by atoms with Crippen molar-refractivity contribution in [3.63, 3.8) is 0 Å². The second-order valence-corrected chi connectivity index (χ2v) is 9.07. The van der Waals surface area contributed by atoms with Crippen molar-refractivity contribution in [1.82, 2.24) is 9.80 Å². The zero-order chi connectivity index (χ0) is 19.4. The predicted octanol–water partition coefficient (Wildman–Crippen LogP) is -4.70. The normalized spacial score (nSPS) is 25.0. The van der Waals surface area contributed by atoms with Gasteiger partial charge < -0.3 is 0 Å². The Morgan fingerprint density at radius 3 is 2.52 bits per heavy atom. The molecule has 0 bridgehead atoms. The summed E-state index contributed by atoms with van der Waals surface area (Å²) in [4.78, 5) is 37.9. The van der Waals surface area contributed by atoms with Gasteiger partial charge in [-0.2, -0.15) is 0 Å². The van der Waals surface area contributed by atoms with Gasteiger partial charge in [0, 0.05) is 0 Å². The van der Waals surface area contributed by atoms with Crippen LogP contribution in [-0.4, -0.2) is 92.1 Å². The number of thioether (sulfide) groups is 1. The van der Waals surface area contributed by atoms with Crippen molar-refractivity contribution in [2.24, 2.45) is 0 Å². The number of ether oxygens (including phenoxy) is 3. The van der Waals surface area contributed by atoms with Crippen LogP contribution in [0.25, 0.3) is 0 Å². The van der Waals surface area contributed by atoms with E-state index in [1.165, 1.54) is 30.9 Å². The van der Waals surface area contributed by atoms with E-state index >= 15 is 0 Å². The fourth-order valence-corrected chi connectivity index (χ4v) is 6.68. The van der Waals surface area contributed by atoms with Crippen molar-refractivity contribution in [2.75, 3.05) is 33.9 Å². The van der Waals surface area contributed by atoms with Crippen molar-refractivity contribution in [1.29, 1.82) is 0 Å². The summed E-state index contributed by atoms with van der Waals surface area (Å²) in [5.74, 6) is -2.08. The van der Waals surface area contributed by atoms with Gasteiger partial charge in [-0.3, -0.25) is 0 Å². The predicted molar refractivity (Wildman–Crippen MR) is 94.6 cm³/mol. The van der Waals surface area contributed by atoms with Gasteiger partial charge in [0.2, 0.25) is 0 Å². The first-order valence-electron chi connectivity index (χ1n) is 7.40. The molecule has 13 heteroatoms. The van der Waals surface area contributed by atoms with E-state index in [1.54, 1.807) is 0 Å². The minimum atomic E-state index is -1.29. The van der Waals surface area contributed by atoms with Crippen LogP contribution in [0.1, 0.15) is 6.92 Å². The molecule has 2 unspecified atom stereocenters. The van der Waals surface area contributed by atoms with Gasteiger partial charge in [-0.15, -0.1) is 0 Å². The van der Waals surface area contributed by atoms with Crippen LogP contribution < -0.4 is 34.7 Å². The number of carboxylic acid groups (broad SMARTS) is 1. The molecule has 0 radical (unpaired) electrons. The molecule has 0 aliphatic carbocycles. The Hall–Kier alpha value is -0.171. The van der Waals surface area contributed by atoms with Gasteiger partial charge in [0.05, 0.1) is 0 Å². The van der Waals surface area contributed by atoms with Gasteiger partial charge in [-0.1, -0.05) is 0 Å². The van der Waals surface area contributed by atoms with E-state index in [4.69, 9.17) is 26.4 Å². The molecular weight excluding hydrogens is 474 g/mol. The topological polar surface area (TPSA) is 108 Å². The van der Waals surface area contributed by atoms with Crippen LogP contribution in [0.3, 0.4) is 0 Å². The largest absolute Gasteiger partial charge is 1.00 e. The van der Waals surface area contributed by atoms with Gasteiger partial charge in [-0.25, -0.2) is 0 Å². The summed E-state index contributed by atoms with van der Waals surface area (Å²) < 4.78 is 16.5. The number of aliphatic carboxylic acids is 1. The second-order valence-electron chi connectivity index (χ2n) is 5.15. The molecular formula is C14H17N2NaO7S2Se. The third-order valence-corrected chi connectivity index (χ3v) is 7.96. The molecule has 1 amide bonds. The molecule has 144 valence electrons. The number of carbonyl (C=O) groups is 3.